The van der Waals surface area contributed by atoms with Crippen molar-refractivity contribution in [3.05, 3.63) is 71.5 Å². The molecule has 0 bridgehead atoms. The molecule has 0 saturated heterocycles. The van der Waals surface area contributed by atoms with Crippen molar-refractivity contribution in [1.29, 1.82) is 10.8 Å². The molecule has 198 valence electrons. The van der Waals surface area contributed by atoms with Crippen molar-refractivity contribution in [2.75, 3.05) is 6.61 Å². The van der Waals surface area contributed by atoms with E-state index in [1.54, 1.807) is 24.3 Å². The Balaban J connectivity index is -0.000000462. The second-order valence-corrected chi connectivity index (χ2v) is 6.03. The highest BCUT2D eigenvalue weighted by molar-refractivity contribution is 5.91. The van der Waals surface area contributed by atoms with Crippen LogP contribution in [0.5, 0.6) is 0 Å². The third-order valence-corrected chi connectivity index (χ3v) is 3.49. The highest BCUT2D eigenvalue weighted by atomic mass is 35.5. The first-order valence-electron chi connectivity index (χ1n) is 9.85. The maximum absolute atomic E-state index is 9.00. The number of hydrogen-bond donors (Lipinski definition) is 6. The van der Waals surface area contributed by atoms with Gasteiger partial charge in [0.05, 0.1) is 26.2 Å². The highest BCUT2D eigenvalue weighted by Gasteiger charge is 2.01. The number of rotatable bonds is 5. The van der Waals surface area contributed by atoms with E-state index in [9.17, 15) is 0 Å². The zero-order valence-electron chi connectivity index (χ0n) is 19.3. The second kappa shape index (κ2) is 22.8. The van der Waals surface area contributed by atoms with Gasteiger partial charge in [0, 0.05) is 18.1 Å². The number of hydrogen-bond acceptors (Lipinski definition) is 10. The molecular formula is C23H34ClN7O5. The quantitative estimate of drug-likeness (QED) is 0.212. The van der Waals surface area contributed by atoms with Crippen molar-refractivity contribution in [1.82, 2.24) is 20.4 Å². The predicted octanol–water partition coefficient (Wildman–Crippen LogP) is 2.67. The van der Waals surface area contributed by atoms with Crippen LogP contribution in [0.25, 0.3) is 11.4 Å². The van der Waals surface area contributed by atoms with E-state index in [2.05, 4.69) is 26.1 Å². The number of halogens is 1. The van der Waals surface area contributed by atoms with Crippen LogP contribution in [0.2, 0.25) is 0 Å². The smallest absolute Gasteiger partial charge is 0.300 e. The Hall–Kier alpha value is -4.00. The zero-order chi connectivity index (χ0) is 25.8. The molecule has 36 heavy (non-hydrogen) atoms. The van der Waals surface area contributed by atoms with Crippen molar-refractivity contribution >= 4 is 30.6 Å². The van der Waals surface area contributed by atoms with Crippen molar-refractivity contribution < 1.29 is 24.9 Å². The van der Waals surface area contributed by atoms with E-state index in [1.165, 1.54) is 6.33 Å². The lowest BCUT2D eigenvalue weighted by molar-refractivity contribution is -0.134. The van der Waals surface area contributed by atoms with E-state index < -0.39 is 5.97 Å². The molecule has 0 aliphatic rings. The molecule has 0 aliphatic carbocycles. The fraction of sp³-hybridized carbons (Fsp3) is 0.261. The molecule has 0 unspecified atom stereocenters. The Kier molecular flexibility index (Phi) is 23.1. The van der Waals surface area contributed by atoms with Crippen LogP contribution in [0.4, 0.5) is 0 Å². The predicted molar refractivity (Wildman–Crippen MR) is 140 cm³/mol. The summed E-state index contributed by atoms with van der Waals surface area (Å²) >= 11 is 0. The summed E-state index contributed by atoms with van der Waals surface area (Å²) < 4.78 is 5.02. The van der Waals surface area contributed by atoms with E-state index in [1.807, 2.05) is 31.2 Å². The summed E-state index contributed by atoms with van der Waals surface area (Å²) in [5, 5.41) is 53.3. The topological polar surface area (TPSA) is 212 Å². The van der Waals surface area contributed by atoms with Crippen molar-refractivity contribution in [2.24, 2.45) is 5.73 Å². The molecule has 0 spiro atoms. The number of carboxylic acid groups (broad SMARTS) is 1. The fourth-order valence-corrected chi connectivity index (χ4v) is 2.07. The monoisotopic (exact) mass is 523 g/mol. The van der Waals surface area contributed by atoms with E-state index in [0.717, 1.165) is 35.5 Å². The van der Waals surface area contributed by atoms with Gasteiger partial charge >= 0.3 is 0 Å². The molecule has 7 N–H and O–H groups in total. The lowest BCUT2D eigenvalue weighted by Crippen LogP contribution is -2.04. The normalized spacial score (nSPS) is 8.44. The Morgan fingerprint density at radius 3 is 1.75 bits per heavy atom. The van der Waals surface area contributed by atoms with Gasteiger partial charge in [0.1, 0.15) is 0 Å². The van der Waals surface area contributed by atoms with Gasteiger partial charge in [-0.3, -0.25) is 15.6 Å². The molecule has 0 fully saturated rings. The number of carboxylic acids is 1. The average molecular weight is 524 g/mol. The van der Waals surface area contributed by atoms with Gasteiger partial charge in [-0.15, -0.1) is 32.8 Å². The molecule has 12 nitrogen and oxygen atoms in total. The van der Waals surface area contributed by atoms with Gasteiger partial charge in [-0.2, -0.15) is 0 Å². The Bertz CT molecular complexity index is 972. The van der Waals surface area contributed by atoms with E-state index in [-0.39, 0.29) is 38.9 Å². The standard InChI is InChI=1S/C10H13NO2.C9H8N4O.C2H4O2.CH4N2.CH4.ClH/c1-2-13-10(11)9-5-3-8(7-12)4-6-9;14-5-7-1-3-8(4-2-7)9-12-10-6-11-13-9;1-2(3)4;2-1-3;;/h3-6,11-12H,2,7H2,1H3;1-4,6,14H,5H2;1H3,(H,3,4);1H,(H3,2,3);1H4;1H. The summed E-state index contributed by atoms with van der Waals surface area (Å²) in [6.45, 7) is 3.49. The molecular weight excluding hydrogens is 490 g/mol. The van der Waals surface area contributed by atoms with Crippen LogP contribution in [0.15, 0.2) is 54.9 Å². The third-order valence-electron chi connectivity index (χ3n) is 3.49. The first-order valence-corrected chi connectivity index (χ1v) is 9.85. The Morgan fingerprint density at radius 2 is 1.39 bits per heavy atom. The number of aliphatic hydroxyl groups excluding tert-OH is 2. The zero-order valence-corrected chi connectivity index (χ0v) is 20.1. The maximum atomic E-state index is 9.00. The number of aromatic nitrogens is 4. The number of aliphatic hydroxyl groups is 2. The number of ether oxygens (including phenoxy) is 1. The first kappa shape index (κ1) is 36.6. The second-order valence-electron chi connectivity index (χ2n) is 6.03. The number of aliphatic carboxylic acids is 1. The largest absolute Gasteiger partial charge is 0.481 e. The van der Waals surface area contributed by atoms with Crippen molar-refractivity contribution in [2.45, 2.75) is 34.5 Å². The van der Waals surface area contributed by atoms with Crippen LogP contribution >= 0.6 is 12.4 Å². The van der Waals surface area contributed by atoms with Crippen molar-refractivity contribution in [3.8, 4) is 11.4 Å². The molecule has 0 saturated carbocycles. The van der Waals surface area contributed by atoms with Gasteiger partial charge in [0.15, 0.2) is 6.33 Å². The Labute approximate surface area is 216 Å². The van der Waals surface area contributed by atoms with Crippen LogP contribution in [-0.2, 0) is 22.7 Å². The van der Waals surface area contributed by atoms with Crippen molar-refractivity contribution in [3.63, 3.8) is 0 Å². The van der Waals surface area contributed by atoms with Crippen LogP contribution in [0, 0.1) is 10.8 Å². The lowest BCUT2D eigenvalue weighted by Gasteiger charge is -2.04. The van der Waals surface area contributed by atoms with Crippen LogP contribution in [-0.4, -0.2) is 60.5 Å². The summed E-state index contributed by atoms with van der Waals surface area (Å²) in [6.07, 6.45) is 2.03. The molecule has 1 aromatic heterocycles. The number of benzene rings is 2. The molecule has 0 aliphatic heterocycles. The summed E-state index contributed by atoms with van der Waals surface area (Å²) in [7, 11) is 0. The minimum absolute atomic E-state index is 0. The first-order chi connectivity index (χ1) is 16.3. The molecule has 3 aromatic rings. The van der Waals surface area contributed by atoms with Gasteiger partial charge < -0.3 is 25.8 Å². The third kappa shape index (κ3) is 16.6. The van der Waals surface area contributed by atoms with E-state index in [0.29, 0.717) is 12.4 Å². The number of carbonyl (C=O) groups is 1. The van der Waals surface area contributed by atoms with Crippen LogP contribution < -0.4 is 5.73 Å². The summed E-state index contributed by atoms with van der Waals surface area (Å²) in [5.74, 6) is -0.177. The van der Waals surface area contributed by atoms with Gasteiger partial charge in [0.2, 0.25) is 11.7 Å². The fourth-order valence-electron chi connectivity index (χ4n) is 2.07. The van der Waals surface area contributed by atoms with Gasteiger partial charge in [-0.25, -0.2) is 0 Å². The molecule has 0 atom stereocenters. The van der Waals surface area contributed by atoms with Crippen LogP contribution in [0.3, 0.4) is 0 Å². The van der Waals surface area contributed by atoms with Crippen LogP contribution in [0.1, 0.15) is 38.0 Å². The minimum atomic E-state index is -0.833. The number of nitrogens with one attached hydrogen (secondary N) is 2. The van der Waals surface area contributed by atoms with E-state index in [4.69, 9.17) is 35.7 Å². The maximum Gasteiger partial charge on any atom is 0.300 e. The SMILES string of the molecule is C.CC(=O)O.CCOC(=N)c1ccc(CO)cc1.Cl.N=CN.OCc1ccc(-c2nncnn2)cc1. The molecule has 13 heteroatoms. The van der Waals surface area contributed by atoms with Gasteiger partial charge in [0.25, 0.3) is 5.97 Å². The summed E-state index contributed by atoms with van der Waals surface area (Å²) in [4.78, 5) is 9.00. The van der Waals surface area contributed by atoms with Gasteiger partial charge in [-0.1, -0.05) is 43.8 Å². The average Bonchev–Trinajstić information content (AvgIpc) is 2.85. The molecule has 0 radical (unpaired) electrons. The number of nitrogens with zero attached hydrogens (tertiary/aromatic N) is 4. The lowest BCUT2D eigenvalue weighted by atomic mass is 10.1. The minimum Gasteiger partial charge on any atom is -0.481 e. The van der Waals surface area contributed by atoms with Gasteiger partial charge in [-0.05, 0) is 30.2 Å². The Morgan fingerprint density at radius 1 is 1.00 bits per heavy atom. The molecule has 2 aromatic carbocycles. The molecule has 1 heterocycles. The molecule has 3 rings (SSSR count). The number of nitrogens with two attached hydrogens (primary N) is 1. The highest BCUT2D eigenvalue weighted by Crippen LogP contribution is 2.13. The van der Waals surface area contributed by atoms with E-state index >= 15 is 0 Å². The summed E-state index contributed by atoms with van der Waals surface area (Å²) in [6, 6.07) is 14.4. The molecule has 0 amide bonds. The summed E-state index contributed by atoms with van der Waals surface area (Å²) in [5.41, 5.74) is 7.65.